The zero-order valence-corrected chi connectivity index (χ0v) is 14.7. The van der Waals surface area contributed by atoms with Crippen molar-refractivity contribution >= 4 is 27.6 Å². The molecule has 1 heterocycles. The smallest absolute Gasteiger partial charge is 0.224 e. The van der Waals surface area contributed by atoms with Crippen LogP contribution in [0.1, 0.15) is 31.7 Å². The van der Waals surface area contributed by atoms with E-state index in [9.17, 15) is 4.79 Å². The molecule has 0 unspecified atom stereocenters. The first kappa shape index (κ1) is 17.5. The van der Waals surface area contributed by atoms with Gasteiger partial charge in [0.1, 0.15) is 5.58 Å². The number of fused-ring (bicyclic) bond motifs is 3. The number of hydrogen-bond donors (Lipinski definition) is 1. The van der Waals surface area contributed by atoms with Gasteiger partial charge in [-0.15, -0.1) is 0 Å². The summed E-state index contributed by atoms with van der Waals surface area (Å²) in [6.07, 6.45) is 5.10. The van der Waals surface area contributed by atoms with Crippen LogP contribution in [0.4, 0.5) is 0 Å². The molecule has 4 nitrogen and oxygen atoms in total. The summed E-state index contributed by atoms with van der Waals surface area (Å²) >= 11 is 0. The lowest BCUT2D eigenvalue weighted by molar-refractivity contribution is -0.120. The molecule has 1 amide bonds. The molecular weight excluding hydrogens is 314 g/mol. The summed E-state index contributed by atoms with van der Waals surface area (Å²) in [5.41, 5.74) is 1.76. The molecule has 132 valence electrons. The lowest BCUT2D eigenvalue weighted by Crippen LogP contribution is -2.26. The Kier molecular flexibility index (Phi) is 6.07. The van der Waals surface area contributed by atoms with Crippen molar-refractivity contribution in [3.05, 3.63) is 48.2 Å². The minimum Gasteiger partial charge on any atom is -0.464 e. The average Bonchev–Trinajstić information content (AvgIpc) is 3.04. The maximum Gasteiger partial charge on any atom is 0.224 e. The predicted molar refractivity (Wildman–Crippen MR) is 101 cm³/mol. The molecule has 0 fully saturated rings. The van der Waals surface area contributed by atoms with Gasteiger partial charge in [0.05, 0.1) is 12.7 Å². The summed E-state index contributed by atoms with van der Waals surface area (Å²) in [6, 6.07) is 12.2. The van der Waals surface area contributed by atoms with E-state index in [1.165, 1.54) is 0 Å². The zero-order chi connectivity index (χ0) is 17.5. The molecular formula is C21H25NO3. The molecule has 2 aromatic carbocycles. The maximum atomic E-state index is 12.2. The lowest BCUT2D eigenvalue weighted by Gasteiger charge is -2.06. The molecule has 4 heteroatoms. The zero-order valence-electron chi connectivity index (χ0n) is 14.7. The average molecular weight is 339 g/mol. The van der Waals surface area contributed by atoms with Crippen molar-refractivity contribution in [3.63, 3.8) is 0 Å². The van der Waals surface area contributed by atoms with Crippen molar-refractivity contribution in [2.24, 2.45) is 0 Å². The number of hydrogen-bond acceptors (Lipinski definition) is 3. The Morgan fingerprint density at radius 1 is 1.12 bits per heavy atom. The van der Waals surface area contributed by atoms with Gasteiger partial charge in [-0.25, -0.2) is 0 Å². The van der Waals surface area contributed by atoms with Crippen molar-refractivity contribution in [1.29, 1.82) is 0 Å². The molecule has 0 atom stereocenters. The third-order valence-corrected chi connectivity index (χ3v) is 4.32. The van der Waals surface area contributed by atoms with Crippen LogP contribution in [0.2, 0.25) is 0 Å². The van der Waals surface area contributed by atoms with E-state index in [-0.39, 0.29) is 5.91 Å². The minimum absolute atomic E-state index is 0.0178. The number of amides is 1. The first-order valence-electron chi connectivity index (χ1n) is 9.02. The normalized spacial score (nSPS) is 11.2. The van der Waals surface area contributed by atoms with Crippen LogP contribution in [0.25, 0.3) is 21.7 Å². The van der Waals surface area contributed by atoms with Gasteiger partial charge in [-0.1, -0.05) is 43.7 Å². The molecule has 0 spiro atoms. The minimum atomic E-state index is 0.0178. The lowest BCUT2D eigenvalue weighted by atomic mass is 10.0. The third-order valence-electron chi connectivity index (χ3n) is 4.32. The fourth-order valence-electron chi connectivity index (χ4n) is 2.99. The van der Waals surface area contributed by atoms with Crippen LogP contribution in [0.3, 0.4) is 0 Å². The van der Waals surface area contributed by atoms with E-state index in [0.717, 1.165) is 53.2 Å². The third kappa shape index (κ3) is 4.40. The Hall–Kier alpha value is -2.33. The van der Waals surface area contributed by atoms with Crippen molar-refractivity contribution in [1.82, 2.24) is 5.32 Å². The van der Waals surface area contributed by atoms with Gasteiger partial charge in [0.25, 0.3) is 0 Å². The van der Waals surface area contributed by atoms with Crippen molar-refractivity contribution in [2.75, 3.05) is 19.8 Å². The number of nitrogens with one attached hydrogen (secondary N) is 1. The predicted octanol–water partition coefficient (Wildman–Crippen LogP) is 4.45. The van der Waals surface area contributed by atoms with E-state index in [0.29, 0.717) is 19.6 Å². The molecule has 1 N–H and O–H groups in total. The first-order chi connectivity index (χ1) is 12.3. The van der Waals surface area contributed by atoms with Crippen LogP contribution < -0.4 is 5.32 Å². The van der Waals surface area contributed by atoms with Gasteiger partial charge in [-0.3, -0.25) is 4.79 Å². The van der Waals surface area contributed by atoms with Gasteiger partial charge in [-0.05, 0) is 29.7 Å². The Balaban J connectivity index is 1.58. The highest BCUT2D eigenvalue weighted by Gasteiger charge is 2.12. The number of carbonyl (C=O) groups excluding carboxylic acids is 1. The largest absolute Gasteiger partial charge is 0.464 e. The van der Waals surface area contributed by atoms with Crippen LogP contribution in [-0.4, -0.2) is 25.7 Å². The molecule has 1 aromatic heterocycles. The molecule has 0 bridgehead atoms. The van der Waals surface area contributed by atoms with Gasteiger partial charge in [0.2, 0.25) is 5.91 Å². The van der Waals surface area contributed by atoms with Gasteiger partial charge in [-0.2, -0.15) is 0 Å². The fourth-order valence-corrected chi connectivity index (χ4v) is 2.99. The van der Waals surface area contributed by atoms with E-state index in [4.69, 9.17) is 9.15 Å². The number of ether oxygens (including phenoxy) is 1. The molecule has 25 heavy (non-hydrogen) atoms. The summed E-state index contributed by atoms with van der Waals surface area (Å²) in [6.45, 7) is 4.28. The monoisotopic (exact) mass is 339 g/mol. The Labute approximate surface area is 148 Å². The topological polar surface area (TPSA) is 51.5 Å². The van der Waals surface area contributed by atoms with Gasteiger partial charge < -0.3 is 14.5 Å². The molecule has 0 aliphatic heterocycles. The van der Waals surface area contributed by atoms with Crippen molar-refractivity contribution < 1.29 is 13.9 Å². The Bertz CT molecular complexity index is 837. The summed E-state index contributed by atoms with van der Waals surface area (Å²) in [7, 11) is 0. The van der Waals surface area contributed by atoms with E-state index in [2.05, 4.69) is 24.4 Å². The number of unbranched alkanes of at least 4 members (excludes halogenated alkanes) is 1. The molecule has 3 rings (SSSR count). The quantitative estimate of drug-likeness (QED) is 0.586. The maximum absolute atomic E-state index is 12.2. The van der Waals surface area contributed by atoms with E-state index in [1.54, 1.807) is 6.26 Å². The molecule has 0 aliphatic rings. The second-order valence-corrected chi connectivity index (χ2v) is 6.27. The Morgan fingerprint density at radius 2 is 1.96 bits per heavy atom. The summed E-state index contributed by atoms with van der Waals surface area (Å²) < 4.78 is 11.1. The van der Waals surface area contributed by atoms with Crippen LogP contribution in [0.15, 0.2) is 47.1 Å². The number of carbonyl (C=O) groups is 1. The summed E-state index contributed by atoms with van der Waals surface area (Å²) in [5.74, 6) is 0.0178. The second-order valence-electron chi connectivity index (χ2n) is 6.27. The molecule has 0 saturated carbocycles. The van der Waals surface area contributed by atoms with Crippen molar-refractivity contribution in [3.8, 4) is 0 Å². The molecule has 0 radical (unpaired) electrons. The van der Waals surface area contributed by atoms with Crippen LogP contribution in [-0.2, 0) is 16.0 Å². The highest BCUT2D eigenvalue weighted by molar-refractivity contribution is 6.08. The van der Waals surface area contributed by atoms with E-state index in [1.807, 2.05) is 24.3 Å². The van der Waals surface area contributed by atoms with Crippen LogP contribution in [0, 0.1) is 0 Å². The summed E-state index contributed by atoms with van der Waals surface area (Å²) in [4.78, 5) is 12.2. The fraction of sp³-hybridized carbons (Fsp3) is 0.381. The highest BCUT2D eigenvalue weighted by atomic mass is 16.5. The van der Waals surface area contributed by atoms with E-state index >= 15 is 0 Å². The first-order valence-corrected chi connectivity index (χ1v) is 9.02. The Morgan fingerprint density at radius 3 is 2.84 bits per heavy atom. The highest BCUT2D eigenvalue weighted by Crippen LogP contribution is 2.30. The van der Waals surface area contributed by atoms with E-state index < -0.39 is 0 Å². The number of rotatable bonds is 9. The van der Waals surface area contributed by atoms with Gasteiger partial charge >= 0.3 is 0 Å². The summed E-state index contributed by atoms with van der Waals surface area (Å²) in [5, 5.41) is 6.28. The molecule has 0 aliphatic carbocycles. The van der Waals surface area contributed by atoms with Crippen LogP contribution in [0.5, 0.6) is 0 Å². The number of furan rings is 1. The number of benzene rings is 2. The van der Waals surface area contributed by atoms with Crippen molar-refractivity contribution in [2.45, 2.75) is 32.6 Å². The molecule has 3 aromatic rings. The SMILES string of the molecule is CCCCOCCCNC(=O)Cc1coc2ccc3ccccc3c12. The van der Waals surface area contributed by atoms with Crippen LogP contribution >= 0.6 is 0 Å². The standard InChI is InChI=1S/C21H25NO3/c1-2-3-12-24-13-6-11-22-20(23)14-17-15-25-19-10-9-16-7-4-5-8-18(16)21(17)19/h4-5,7-10,15H,2-3,6,11-14H2,1H3,(H,22,23). The second kappa shape index (κ2) is 8.67. The molecule has 0 saturated heterocycles. The van der Waals surface area contributed by atoms with Gasteiger partial charge in [0.15, 0.2) is 0 Å². The van der Waals surface area contributed by atoms with Gasteiger partial charge in [0, 0.05) is 30.7 Å².